The fourth-order valence-electron chi connectivity index (χ4n) is 1.73. The lowest BCUT2D eigenvalue weighted by Crippen LogP contribution is -2.10. The maximum Gasteiger partial charge on any atom is 0.339 e. The van der Waals surface area contributed by atoms with Gasteiger partial charge in [0.1, 0.15) is 9.71 Å². The number of amides is 1. The molecule has 1 amide bonds. The number of hydrogen-bond donors (Lipinski definition) is 2. The molecule has 0 unspecified atom stereocenters. The van der Waals surface area contributed by atoms with Gasteiger partial charge in [0.15, 0.2) is 0 Å². The molecule has 6 nitrogen and oxygen atoms in total. The van der Waals surface area contributed by atoms with Crippen LogP contribution in [0.5, 0.6) is 0 Å². The molecular formula is C12H13N3O3S. The van der Waals surface area contributed by atoms with E-state index in [0.717, 1.165) is 11.3 Å². The van der Waals surface area contributed by atoms with Gasteiger partial charge in [-0.2, -0.15) is 0 Å². The molecule has 0 saturated carbocycles. The zero-order valence-electron chi connectivity index (χ0n) is 10.5. The molecule has 0 spiro atoms. The number of esters is 1. The molecule has 19 heavy (non-hydrogen) atoms. The van der Waals surface area contributed by atoms with Crippen LogP contribution >= 0.6 is 11.3 Å². The minimum atomic E-state index is -0.601. The summed E-state index contributed by atoms with van der Waals surface area (Å²) in [5.74, 6) is -1.06. The van der Waals surface area contributed by atoms with E-state index < -0.39 is 11.9 Å². The van der Waals surface area contributed by atoms with Crippen molar-refractivity contribution in [3.8, 4) is 0 Å². The minimum Gasteiger partial charge on any atom is -0.462 e. The van der Waals surface area contributed by atoms with Gasteiger partial charge in [0.25, 0.3) is 5.91 Å². The highest BCUT2D eigenvalue weighted by atomic mass is 32.1. The van der Waals surface area contributed by atoms with Crippen molar-refractivity contribution in [1.82, 2.24) is 4.98 Å². The number of primary amides is 1. The number of nitrogen functional groups attached to an aromatic ring is 1. The second-order valence-electron chi connectivity index (χ2n) is 3.90. The molecular weight excluding hydrogens is 266 g/mol. The number of aromatic nitrogens is 1. The summed E-state index contributed by atoms with van der Waals surface area (Å²) < 4.78 is 4.94. The lowest BCUT2D eigenvalue weighted by Gasteiger charge is -2.05. The molecule has 0 aliphatic rings. The van der Waals surface area contributed by atoms with Crippen LogP contribution in [0, 0.1) is 6.92 Å². The van der Waals surface area contributed by atoms with Crippen molar-refractivity contribution in [3.63, 3.8) is 0 Å². The van der Waals surface area contributed by atoms with E-state index in [1.807, 2.05) is 0 Å². The third-order valence-corrected chi connectivity index (χ3v) is 3.76. The number of carbonyl (C=O) groups excluding carboxylic acids is 2. The van der Waals surface area contributed by atoms with Crippen LogP contribution in [0.2, 0.25) is 0 Å². The molecule has 2 aromatic rings. The average Bonchev–Trinajstić information content (AvgIpc) is 2.65. The summed E-state index contributed by atoms with van der Waals surface area (Å²) in [5.41, 5.74) is 12.2. The van der Waals surface area contributed by atoms with E-state index in [1.54, 1.807) is 19.9 Å². The van der Waals surface area contributed by atoms with Crippen molar-refractivity contribution in [2.75, 3.05) is 12.3 Å². The van der Waals surface area contributed by atoms with Crippen molar-refractivity contribution in [1.29, 1.82) is 0 Å². The number of hydrogen-bond acceptors (Lipinski definition) is 6. The van der Waals surface area contributed by atoms with Gasteiger partial charge >= 0.3 is 5.97 Å². The molecule has 2 rings (SSSR count). The predicted octanol–water partition coefficient (Wildman–Crippen LogP) is 1.46. The molecule has 4 N–H and O–H groups in total. The van der Waals surface area contributed by atoms with Gasteiger partial charge in [0, 0.05) is 5.39 Å². The number of nitrogens with zero attached hydrogens (tertiary/aromatic N) is 1. The number of aryl methyl sites for hydroxylation is 1. The Bertz CT molecular complexity index is 678. The molecule has 0 fully saturated rings. The molecule has 0 atom stereocenters. The van der Waals surface area contributed by atoms with Crippen LogP contribution in [0.4, 0.5) is 5.69 Å². The Morgan fingerprint density at radius 3 is 2.74 bits per heavy atom. The van der Waals surface area contributed by atoms with E-state index in [9.17, 15) is 9.59 Å². The Labute approximate surface area is 113 Å². The topological polar surface area (TPSA) is 108 Å². The highest BCUT2D eigenvalue weighted by Crippen LogP contribution is 2.33. The Morgan fingerprint density at radius 1 is 1.47 bits per heavy atom. The van der Waals surface area contributed by atoms with Gasteiger partial charge in [0.2, 0.25) is 0 Å². The van der Waals surface area contributed by atoms with Gasteiger partial charge in [-0.25, -0.2) is 9.78 Å². The zero-order valence-corrected chi connectivity index (χ0v) is 11.3. The Morgan fingerprint density at radius 2 is 2.16 bits per heavy atom. The quantitative estimate of drug-likeness (QED) is 0.827. The van der Waals surface area contributed by atoms with E-state index in [0.29, 0.717) is 21.5 Å². The zero-order chi connectivity index (χ0) is 14.2. The Hall–Kier alpha value is -2.15. The first kappa shape index (κ1) is 13.3. The van der Waals surface area contributed by atoms with Crippen LogP contribution in [0.25, 0.3) is 10.2 Å². The van der Waals surface area contributed by atoms with Crippen molar-refractivity contribution >= 4 is 39.1 Å². The van der Waals surface area contributed by atoms with Crippen LogP contribution < -0.4 is 11.5 Å². The first-order valence-electron chi connectivity index (χ1n) is 5.62. The molecule has 0 saturated heterocycles. The summed E-state index contributed by atoms with van der Waals surface area (Å²) >= 11 is 1.12. The SMILES string of the molecule is CCOC(=O)c1cc2c(N)c(C(N)=O)sc2nc1C. The third kappa shape index (κ3) is 2.24. The summed E-state index contributed by atoms with van der Waals surface area (Å²) in [7, 11) is 0. The first-order valence-corrected chi connectivity index (χ1v) is 6.43. The van der Waals surface area contributed by atoms with Gasteiger partial charge in [0.05, 0.1) is 23.6 Å². The maximum atomic E-state index is 11.8. The number of nitrogens with two attached hydrogens (primary N) is 2. The molecule has 100 valence electrons. The first-order chi connectivity index (χ1) is 8.95. The number of rotatable bonds is 3. The van der Waals surface area contributed by atoms with Crippen molar-refractivity contribution in [2.24, 2.45) is 5.73 Å². The third-order valence-electron chi connectivity index (χ3n) is 2.63. The monoisotopic (exact) mass is 279 g/mol. The van der Waals surface area contributed by atoms with E-state index in [1.165, 1.54) is 0 Å². The van der Waals surface area contributed by atoms with Crippen LogP contribution in [-0.2, 0) is 4.74 Å². The van der Waals surface area contributed by atoms with Crippen molar-refractivity contribution < 1.29 is 14.3 Å². The molecule has 2 aromatic heterocycles. The molecule has 0 bridgehead atoms. The van der Waals surface area contributed by atoms with Crippen LogP contribution in [0.1, 0.15) is 32.6 Å². The number of ether oxygens (including phenoxy) is 1. The summed E-state index contributed by atoms with van der Waals surface area (Å²) in [6, 6.07) is 1.59. The fourth-order valence-corrected chi connectivity index (χ4v) is 2.70. The fraction of sp³-hybridized carbons (Fsp3) is 0.250. The Kier molecular flexibility index (Phi) is 3.39. The lowest BCUT2D eigenvalue weighted by molar-refractivity contribution is 0.0525. The van der Waals surface area contributed by atoms with E-state index >= 15 is 0 Å². The van der Waals surface area contributed by atoms with Crippen LogP contribution in [0.3, 0.4) is 0 Å². The van der Waals surface area contributed by atoms with Gasteiger partial charge in [-0.15, -0.1) is 11.3 Å². The highest BCUT2D eigenvalue weighted by Gasteiger charge is 2.19. The standard InChI is InChI=1S/C12H13N3O3S/c1-3-18-12(17)6-4-7-8(13)9(10(14)16)19-11(7)15-5(6)2/h4H,3,13H2,1-2H3,(H2,14,16). The van der Waals surface area contributed by atoms with Gasteiger partial charge in [-0.1, -0.05) is 0 Å². The number of thiophene rings is 1. The molecule has 7 heteroatoms. The summed E-state index contributed by atoms with van der Waals surface area (Å²) in [5, 5.41) is 0.549. The number of carbonyl (C=O) groups is 2. The van der Waals surface area contributed by atoms with E-state index in [4.69, 9.17) is 16.2 Å². The van der Waals surface area contributed by atoms with E-state index in [2.05, 4.69) is 4.98 Å². The van der Waals surface area contributed by atoms with Crippen LogP contribution in [0.15, 0.2) is 6.07 Å². The molecule has 0 aliphatic carbocycles. The van der Waals surface area contributed by atoms with Crippen molar-refractivity contribution in [2.45, 2.75) is 13.8 Å². The second-order valence-corrected chi connectivity index (χ2v) is 4.90. The predicted molar refractivity (Wildman–Crippen MR) is 73.2 cm³/mol. The summed E-state index contributed by atoms with van der Waals surface area (Å²) in [4.78, 5) is 28.1. The Balaban J connectivity index is 2.64. The smallest absolute Gasteiger partial charge is 0.339 e. The second kappa shape index (κ2) is 4.85. The normalized spacial score (nSPS) is 10.6. The average molecular weight is 279 g/mol. The lowest BCUT2D eigenvalue weighted by atomic mass is 10.1. The van der Waals surface area contributed by atoms with Gasteiger partial charge in [-0.3, -0.25) is 4.79 Å². The number of anilines is 1. The summed E-state index contributed by atoms with van der Waals surface area (Å²) in [6.45, 7) is 3.71. The number of fused-ring (bicyclic) bond motifs is 1. The van der Waals surface area contributed by atoms with Gasteiger partial charge < -0.3 is 16.2 Å². The molecule has 2 heterocycles. The maximum absolute atomic E-state index is 11.8. The largest absolute Gasteiger partial charge is 0.462 e. The molecule has 0 radical (unpaired) electrons. The molecule has 0 aromatic carbocycles. The van der Waals surface area contributed by atoms with Crippen molar-refractivity contribution in [3.05, 3.63) is 22.2 Å². The van der Waals surface area contributed by atoms with Crippen LogP contribution in [-0.4, -0.2) is 23.5 Å². The number of pyridine rings is 1. The molecule has 0 aliphatic heterocycles. The van der Waals surface area contributed by atoms with E-state index in [-0.39, 0.29) is 17.2 Å². The van der Waals surface area contributed by atoms with Gasteiger partial charge in [-0.05, 0) is 19.9 Å². The summed E-state index contributed by atoms with van der Waals surface area (Å²) in [6.07, 6.45) is 0. The minimum absolute atomic E-state index is 0.253. The highest BCUT2D eigenvalue weighted by molar-refractivity contribution is 7.21.